The molecule has 0 aliphatic rings. The van der Waals surface area contributed by atoms with Crippen LogP contribution in [0.2, 0.25) is 0 Å². The summed E-state index contributed by atoms with van der Waals surface area (Å²) in [5.41, 5.74) is 6.73. The molecule has 1 aromatic carbocycles. The largest absolute Gasteiger partial charge is 0.416 e. The second-order valence-corrected chi connectivity index (χ2v) is 5.65. The van der Waals surface area contributed by atoms with Crippen molar-refractivity contribution in [1.29, 1.82) is 0 Å². The maximum atomic E-state index is 12.7. The van der Waals surface area contributed by atoms with Crippen molar-refractivity contribution >= 4 is 0 Å². The van der Waals surface area contributed by atoms with E-state index in [0.29, 0.717) is 5.56 Å². The van der Waals surface area contributed by atoms with Crippen molar-refractivity contribution in [3.8, 4) is 0 Å². The Morgan fingerprint density at radius 3 is 2.15 bits per heavy atom. The van der Waals surface area contributed by atoms with Crippen LogP contribution >= 0.6 is 0 Å². The zero-order valence-corrected chi connectivity index (χ0v) is 12.7. The fraction of sp³-hybridized carbons (Fsp3) is 0.600. The first kappa shape index (κ1) is 17.0. The van der Waals surface area contributed by atoms with E-state index in [1.165, 1.54) is 12.1 Å². The van der Waals surface area contributed by atoms with Crippen LogP contribution in [0.5, 0.6) is 0 Å². The lowest BCUT2D eigenvalue weighted by molar-refractivity contribution is -0.137. The molecule has 2 N–H and O–H groups in total. The number of hydrogen-bond acceptors (Lipinski definition) is 2. The number of likely N-dealkylation sites (N-methyl/N-ethyl adjacent to an activating group) is 1. The summed E-state index contributed by atoms with van der Waals surface area (Å²) in [4.78, 5) is 2.02. The molecule has 0 fully saturated rings. The van der Waals surface area contributed by atoms with E-state index >= 15 is 0 Å². The van der Waals surface area contributed by atoms with Gasteiger partial charge in [0.15, 0.2) is 0 Å². The van der Waals surface area contributed by atoms with Crippen LogP contribution in [0, 0.1) is 6.92 Å². The fourth-order valence-corrected chi connectivity index (χ4v) is 2.35. The first-order chi connectivity index (χ1) is 9.04. The lowest BCUT2D eigenvalue weighted by Crippen LogP contribution is -2.49. The molecule has 20 heavy (non-hydrogen) atoms. The summed E-state index contributed by atoms with van der Waals surface area (Å²) in [7, 11) is 3.87. The average Bonchev–Trinajstić information content (AvgIpc) is 2.35. The van der Waals surface area contributed by atoms with Gasteiger partial charge in [0, 0.05) is 11.6 Å². The number of rotatable bonds is 4. The number of aryl methyl sites for hydroxylation is 1. The van der Waals surface area contributed by atoms with Crippen LogP contribution in [-0.4, -0.2) is 24.5 Å². The van der Waals surface area contributed by atoms with Gasteiger partial charge in [0.2, 0.25) is 0 Å². The normalized spacial score (nSPS) is 17.1. The molecular formula is C15H23F3N2. The van der Waals surface area contributed by atoms with Gasteiger partial charge in [0.25, 0.3) is 0 Å². The Balaban J connectivity index is 3.21. The molecule has 114 valence electrons. The van der Waals surface area contributed by atoms with Gasteiger partial charge in [-0.3, -0.25) is 0 Å². The number of hydrogen-bond donors (Lipinski definition) is 1. The summed E-state index contributed by atoms with van der Waals surface area (Å²) in [6, 6.07) is 3.43. The Kier molecular flexibility index (Phi) is 4.87. The smallest absolute Gasteiger partial charge is 0.322 e. The van der Waals surface area contributed by atoms with Gasteiger partial charge in [0.05, 0.1) is 5.56 Å². The Labute approximate surface area is 118 Å². The first-order valence-corrected chi connectivity index (χ1v) is 6.64. The molecule has 0 heterocycles. The van der Waals surface area contributed by atoms with Crippen LogP contribution in [-0.2, 0) is 6.18 Å². The lowest BCUT2D eigenvalue weighted by atomic mass is 9.82. The highest BCUT2D eigenvalue weighted by molar-refractivity contribution is 5.36. The van der Waals surface area contributed by atoms with E-state index in [9.17, 15) is 13.2 Å². The van der Waals surface area contributed by atoms with E-state index in [4.69, 9.17) is 5.73 Å². The number of alkyl halides is 3. The zero-order chi connectivity index (χ0) is 15.7. The highest BCUT2D eigenvalue weighted by Gasteiger charge is 2.35. The standard InChI is InChI=1S/C15H23F3N2/c1-6-14(3,20(4)5)13(19)12-8-7-11(9-10(12)2)15(16,17)18/h7-9,13H,6,19H2,1-5H3. The number of halogens is 3. The number of nitrogens with two attached hydrogens (primary N) is 1. The molecule has 5 heteroatoms. The fourth-order valence-electron chi connectivity index (χ4n) is 2.35. The third kappa shape index (κ3) is 3.15. The Hall–Kier alpha value is -1.07. The van der Waals surface area contributed by atoms with Gasteiger partial charge in [-0.1, -0.05) is 13.0 Å². The van der Waals surface area contributed by atoms with Crippen molar-refractivity contribution in [1.82, 2.24) is 4.90 Å². The van der Waals surface area contributed by atoms with Crippen LogP contribution in [0.15, 0.2) is 18.2 Å². The molecule has 2 atom stereocenters. The van der Waals surface area contributed by atoms with Gasteiger partial charge in [-0.15, -0.1) is 0 Å². The van der Waals surface area contributed by atoms with Gasteiger partial charge in [-0.05, 0) is 57.6 Å². The molecule has 0 amide bonds. The van der Waals surface area contributed by atoms with Crippen molar-refractivity contribution in [3.05, 3.63) is 34.9 Å². The van der Waals surface area contributed by atoms with Crippen molar-refractivity contribution in [2.75, 3.05) is 14.1 Å². The summed E-state index contributed by atoms with van der Waals surface area (Å²) < 4.78 is 38.1. The van der Waals surface area contributed by atoms with Crippen molar-refractivity contribution in [3.63, 3.8) is 0 Å². The van der Waals surface area contributed by atoms with Crippen LogP contribution in [0.1, 0.15) is 43.0 Å². The summed E-state index contributed by atoms with van der Waals surface area (Å²) >= 11 is 0. The lowest BCUT2D eigenvalue weighted by Gasteiger charge is -2.41. The monoisotopic (exact) mass is 288 g/mol. The SMILES string of the molecule is CCC(C)(C(N)c1ccc(C(F)(F)F)cc1C)N(C)C. The Morgan fingerprint density at radius 1 is 1.25 bits per heavy atom. The molecule has 2 nitrogen and oxygen atoms in total. The quantitative estimate of drug-likeness (QED) is 0.914. The maximum absolute atomic E-state index is 12.7. The van der Waals surface area contributed by atoms with E-state index < -0.39 is 11.7 Å². The summed E-state index contributed by atoms with van der Waals surface area (Å²) in [6.07, 6.45) is -3.51. The van der Waals surface area contributed by atoms with Crippen LogP contribution in [0.4, 0.5) is 13.2 Å². The van der Waals surface area contributed by atoms with E-state index in [0.717, 1.165) is 18.1 Å². The molecule has 0 aromatic heterocycles. The molecular weight excluding hydrogens is 265 g/mol. The van der Waals surface area contributed by atoms with Crippen LogP contribution in [0.3, 0.4) is 0 Å². The van der Waals surface area contributed by atoms with E-state index in [1.54, 1.807) is 6.92 Å². The number of nitrogens with zero attached hydrogens (tertiary/aromatic N) is 1. The van der Waals surface area contributed by atoms with E-state index in [2.05, 4.69) is 0 Å². The minimum absolute atomic E-state index is 0.301. The van der Waals surface area contributed by atoms with Crippen LogP contribution in [0.25, 0.3) is 0 Å². The highest BCUT2D eigenvalue weighted by atomic mass is 19.4. The molecule has 1 rings (SSSR count). The van der Waals surface area contributed by atoms with E-state index in [1.807, 2.05) is 32.8 Å². The van der Waals surface area contributed by atoms with Gasteiger partial charge in [-0.25, -0.2) is 0 Å². The van der Waals surface area contributed by atoms with Gasteiger partial charge in [0.1, 0.15) is 0 Å². The summed E-state index contributed by atoms with van der Waals surface area (Å²) in [5.74, 6) is 0. The Bertz CT molecular complexity index is 469. The van der Waals surface area contributed by atoms with Gasteiger partial charge < -0.3 is 10.6 Å². The van der Waals surface area contributed by atoms with Gasteiger partial charge >= 0.3 is 6.18 Å². The van der Waals surface area contributed by atoms with E-state index in [-0.39, 0.29) is 11.6 Å². The van der Waals surface area contributed by atoms with Crippen molar-refractivity contribution in [2.45, 2.75) is 44.9 Å². The predicted octanol–water partition coefficient (Wildman–Crippen LogP) is 3.74. The van der Waals surface area contributed by atoms with Crippen molar-refractivity contribution < 1.29 is 13.2 Å². The molecule has 0 aliphatic carbocycles. The third-order valence-electron chi connectivity index (χ3n) is 4.34. The third-order valence-corrected chi connectivity index (χ3v) is 4.34. The van der Waals surface area contributed by atoms with Crippen molar-refractivity contribution in [2.24, 2.45) is 5.73 Å². The Morgan fingerprint density at radius 2 is 1.80 bits per heavy atom. The van der Waals surface area contributed by atoms with Crippen LogP contribution < -0.4 is 5.73 Å². The first-order valence-electron chi connectivity index (χ1n) is 6.64. The summed E-state index contributed by atoms with van der Waals surface area (Å²) in [6.45, 7) is 5.73. The molecule has 0 spiro atoms. The van der Waals surface area contributed by atoms with Gasteiger partial charge in [-0.2, -0.15) is 13.2 Å². The average molecular weight is 288 g/mol. The highest BCUT2D eigenvalue weighted by Crippen LogP contribution is 2.35. The molecule has 2 unspecified atom stereocenters. The second-order valence-electron chi connectivity index (χ2n) is 5.65. The second kappa shape index (κ2) is 5.74. The summed E-state index contributed by atoms with van der Waals surface area (Å²) in [5, 5.41) is 0. The minimum Gasteiger partial charge on any atom is -0.322 e. The molecule has 0 aliphatic heterocycles. The molecule has 0 saturated carbocycles. The number of benzene rings is 1. The molecule has 0 saturated heterocycles. The molecule has 0 radical (unpaired) electrons. The zero-order valence-electron chi connectivity index (χ0n) is 12.7. The molecule has 1 aromatic rings. The predicted molar refractivity (Wildman–Crippen MR) is 75.5 cm³/mol. The maximum Gasteiger partial charge on any atom is 0.416 e. The topological polar surface area (TPSA) is 29.3 Å². The minimum atomic E-state index is -4.32. The molecule has 0 bridgehead atoms.